The molecular formula is C16H17F3N2O3. The van der Waals surface area contributed by atoms with E-state index in [1.54, 1.807) is 6.08 Å². The fraction of sp³-hybridized carbons (Fsp3) is 0.312. The molecule has 0 fully saturated rings. The third-order valence-electron chi connectivity index (χ3n) is 3.09. The molecule has 0 saturated carbocycles. The number of nitrogens with one attached hydrogen (secondary N) is 1. The van der Waals surface area contributed by atoms with Gasteiger partial charge in [-0.15, -0.1) is 0 Å². The first-order chi connectivity index (χ1) is 11.2. The summed E-state index contributed by atoms with van der Waals surface area (Å²) in [5.41, 5.74) is -1.63. The maximum Gasteiger partial charge on any atom is 0.416 e. The Bertz CT molecular complexity index is 680. The van der Waals surface area contributed by atoms with E-state index in [0.717, 1.165) is 12.5 Å². The predicted octanol–water partition coefficient (Wildman–Crippen LogP) is 3.17. The first-order valence-electron chi connectivity index (χ1n) is 7.05. The molecule has 0 bridgehead atoms. The number of aliphatic imine (C=N–C) groups is 1. The normalized spacial score (nSPS) is 12.5. The Morgan fingerprint density at radius 2 is 1.96 bits per heavy atom. The number of aromatic carboxylic acids is 1. The number of amides is 1. The molecule has 0 heterocycles. The minimum atomic E-state index is -4.69. The quantitative estimate of drug-likeness (QED) is 0.780. The zero-order chi connectivity index (χ0) is 18.3. The smallest absolute Gasteiger partial charge is 0.416 e. The van der Waals surface area contributed by atoms with Crippen LogP contribution in [0.25, 0.3) is 0 Å². The van der Waals surface area contributed by atoms with E-state index in [1.807, 2.05) is 13.0 Å². The number of benzene rings is 1. The van der Waals surface area contributed by atoms with Gasteiger partial charge in [-0.3, -0.25) is 9.79 Å². The van der Waals surface area contributed by atoms with Crippen LogP contribution in [0.15, 0.2) is 35.3 Å². The monoisotopic (exact) mass is 342 g/mol. The van der Waals surface area contributed by atoms with Gasteiger partial charge in [0.1, 0.15) is 0 Å². The number of carboxylic acid groups (broad SMARTS) is 1. The fourth-order valence-corrected chi connectivity index (χ4v) is 1.83. The number of alkyl halides is 3. The molecule has 2 N–H and O–H groups in total. The first-order valence-corrected chi connectivity index (χ1v) is 7.05. The third-order valence-corrected chi connectivity index (χ3v) is 3.09. The van der Waals surface area contributed by atoms with Crippen molar-refractivity contribution < 1.29 is 27.9 Å². The lowest BCUT2D eigenvalue weighted by Gasteiger charge is -2.11. The van der Waals surface area contributed by atoms with Gasteiger partial charge < -0.3 is 10.4 Å². The molecule has 24 heavy (non-hydrogen) atoms. The molecule has 130 valence electrons. The molecular weight excluding hydrogens is 325 g/mol. The Kier molecular flexibility index (Phi) is 6.69. The number of rotatable bonds is 6. The summed E-state index contributed by atoms with van der Waals surface area (Å²) in [6, 6.07) is 1.97. The van der Waals surface area contributed by atoms with E-state index < -0.39 is 29.2 Å². The van der Waals surface area contributed by atoms with Gasteiger partial charge in [0, 0.05) is 7.05 Å². The Hall–Kier alpha value is -2.64. The molecule has 0 aliphatic carbocycles. The van der Waals surface area contributed by atoms with Crippen LogP contribution in [0.2, 0.25) is 0 Å². The summed E-state index contributed by atoms with van der Waals surface area (Å²) >= 11 is 0. The summed E-state index contributed by atoms with van der Waals surface area (Å²) in [7, 11) is 1.53. The molecule has 0 aliphatic rings. The average Bonchev–Trinajstić information content (AvgIpc) is 2.53. The van der Waals surface area contributed by atoms with Gasteiger partial charge in [0.2, 0.25) is 0 Å². The second kappa shape index (κ2) is 8.28. The van der Waals surface area contributed by atoms with Crippen LogP contribution in [0, 0.1) is 0 Å². The molecule has 0 aromatic heterocycles. The van der Waals surface area contributed by atoms with Gasteiger partial charge in [0.15, 0.2) is 0 Å². The van der Waals surface area contributed by atoms with Crippen molar-refractivity contribution in [1.29, 1.82) is 0 Å². The number of hydrogen-bond donors (Lipinski definition) is 2. The molecule has 1 amide bonds. The fourth-order valence-electron chi connectivity index (χ4n) is 1.83. The maximum atomic E-state index is 12.7. The average molecular weight is 342 g/mol. The van der Waals surface area contributed by atoms with E-state index in [-0.39, 0.29) is 12.1 Å². The highest BCUT2D eigenvalue weighted by Crippen LogP contribution is 2.30. The van der Waals surface area contributed by atoms with Crippen molar-refractivity contribution in [2.75, 3.05) is 13.6 Å². The van der Waals surface area contributed by atoms with E-state index >= 15 is 0 Å². The highest BCUT2D eigenvalue weighted by molar-refractivity contribution is 6.07. The van der Waals surface area contributed by atoms with Crippen molar-refractivity contribution in [2.24, 2.45) is 4.99 Å². The van der Waals surface area contributed by atoms with E-state index in [0.29, 0.717) is 17.8 Å². The van der Waals surface area contributed by atoms with Crippen LogP contribution in [0.1, 0.15) is 39.6 Å². The Balaban J connectivity index is 3.02. The van der Waals surface area contributed by atoms with Gasteiger partial charge in [0.05, 0.1) is 28.9 Å². The van der Waals surface area contributed by atoms with Gasteiger partial charge in [-0.1, -0.05) is 13.0 Å². The van der Waals surface area contributed by atoms with Crippen LogP contribution in [-0.4, -0.2) is 36.3 Å². The Morgan fingerprint density at radius 1 is 1.29 bits per heavy atom. The lowest BCUT2D eigenvalue weighted by molar-refractivity contribution is -0.137. The molecule has 1 aromatic carbocycles. The molecule has 0 atom stereocenters. The van der Waals surface area contributed by atoms with Crippen LogP contribution >= 0.6 is 0 Å². The SMILES string of the molecule is CC/C=C\C(CNC(=O)c1ccc(C(F)(F)F)cc1C(=O)O)=NC. The molecule has 0 saturated heterocycles. The molecule has 1 aromatic rings. The molecule has 0 aliphatic heterocycles. The summed E-state index contributed by atoms with van der Waals surface area (Å²) in [5, 5.41) is 11.5. The summed E-state index contributed by atoms with van der Waals surface area (Å²) in [4.78, 5) is 27.2. The number of halogens is 3. The van der Waals surface area contributed by atoms with E-state index in [2.05, 4.69) is 10.3 Å². The van der Waals surface area contributed by atoms with Crippen molar-refractivity contribution in [2.45, 2.75) is 19.5 Å². The van der Waals surface area contributed by atoms with Crippen molar-refractivity contribution >= 4 is 17.6 Å². The van der Waals surface area contributed by atoms with Crippen molar-refractivity contribution in [3.63, 3.8) is 0 Å². The number of carbonyl (C=O) groups excluding carboxylic acids is 1. The predicted molar refractivity (Wildman–Crippen MR) is 83.5 cm³/mol. The molecule has 1 rings (SSSR count). The number of allylic oxidation sites excluding steroid dienone is 1. The lowest BCUT2D eigenvalue weighted by atomic mass is 10.0. The Labute approximate surface area is 136 Å². The zero-order valence-electron chi connectivity index (χ0n) is 13.1. The number of hydrogen-bond acceptors (Lipinski definition) is 3. The van der Waals surface area contributed by atoms with E-state index in [9.17, 15) is 22.8 Å². The number of nitrogens with zero attached hydrogens (tertiary/aromatic N) is 1. The second-order valence-electron chi connectivity index (χ2n) is 4.77. The summed E-state index contributed by atoms with van der Waals surface area (Å²) in [6.07, 6.45) is -0.387. The van der Waals surface area contributed by atoms with Crippen LogP contribution in [0.3, 0.4) is 0 Å². The topological polar surface area (TPSA) is 78.8 Å². The maximum absolute atomic E-state index is 12.7. The number of carbonyl (C=O) groups is 2. The van der Waals surface area contributed by atoms with Gasteiger partial charge in [0.25, 0.3) is 5.91 Å². The van der Waals surface area contributed by atoms with Crippen LogP contribution in [0.4, 0.5) is 13.2 Å². The third kappa shape index (κ3) is 5.22. The molecule has 0 unspecified atom stereocenters. The highest BCUT2D eigenvalue weighted by atomic mass is 19.4. The van der Waals surface area contributed by atoms with Crippen molar-refractivity contribution in [3.8, 4) is 0 Å². The van der Waals surface area contributed by atoms with Gasteiger partial charge in [-0.25, -0.2) is 4.79 Å². The van der Waals surface area contributed by atoms with E-state index in [4.69, 9.17) is 5.11 Å². The second-order valence-corrected chi connectivity index (χ2v) is 4.77. The minimum Gasteiger partial charge on any atom is -0.478 e. The molecule has 5 nitrogen and oxygen atoms in total. The van der Waals surface area contributed by atoms with Gasteiger partial charge >= 0.3 is 12.1 Å². The summed E-state index contributed by atoms with van der Waals surface area (Å²) < 4.78 is 38.0. The zero-order valence-corrected chi connectivity index (χ0v) is 13.1. The summed E-state index contributed by atoms with van der Waals surface area (Å²) in [5.74, 6) is -2.39. The number of carboxylic acids is 1. The molecule has 8 heteroatoms. The molecule has 0 radical (unpaired) electrons. The standard InChI is InChI=1S/C16H17F3N2O3/c1-3-4-5-11(20-2)9-21-14(22)12-7-6-10(16(17,18)19)8-13(12)15(23)24/h4-8H,3,9H2,1-2H3,(H,21,22)(H,23,24)/b5-4-,20-11?. The summed E-state index contributed by atoms with van der Waals surface area (Å²) in [6.45, 7) is 1.95. The highest BCUT2D eigenvalue weighted by Gasteiger charge is 2.32. The van der Waals surface area contributed by atoms with Crippen LogP contribution in [0.5, 0.6) is 0 Å². The largest absolute Gasteiger partial charge is 0.478 e. The molecule has 0 spiro atoms. The van der Waals surface area contributed by atoms with Gasteiger partial charge in [-0.2, -0.15) is 13.2 Å². The van der Waals surface area contributed by atoms with Gasteiger partial charge in [-0.05, 0) is 30.7 Å². The van der Waals surface area contributed by atoms with Crippen molar-refractivity contribution in [1.82, 2.24) is 5.32 Å². The van der Waals surface area contributed by atoms with Crippen molar-refractivity contribution in [3.05, 3.63) is 47.0 Å². The minimum absolute atomic E-state index is 0.0336. The van der Waals surface area contributed by atoms with Crippen LogP contribution in [-0.2, 0) is 6.18 Å². The lowest BCUT2D eigenvalue weighted by Crippen LogP contribution is -2.30. The van der Waals surface area contributed by atoms with E-state index in [1.165, 1.54) is 7.05 Å². The Morgan fingerprint density at radius 3 is 2.46 bits per heavy atom. The van der Waals surface area contributed by atoms with Crippen LogP contribution < -0.4 is 5.32 Å². The first kappa shape index (κ1) is 19.4.